The largest absolute Gasteiger partial charge is 0.478 e. The molecular weight excluding hydrogens is 228 g/mol. The van der Waals surface area contributed by atoms with E-state index in [1.807, 2.05) is 6.07 Å². The summed E-state index contributed by atoms with van der Waals surface area (Å²) in [5.74, 6) is -0.887. The molecule has 18 heavy (non-hydrogen) atoms. The van der Waals surface area contributed by atoms with Gasteiger partial charge in [0, 0.05) is 23.6 Å². The van der Waals surface area contributed by atoms with Crippen LogP contribution in [0.15, 0.2) is 24.4 Å². The van der Waals surface area contributed by atoms with Gasteiger partial charge in [-0.05, 0) is 37.1 Å². The number of carbonyl (C=O) groups is 1. The molecule has 0 aliphatic heterocycles. The highest BCUT2D eigenvalue weighted by atomic mass is 16.4. The van der Waals surface area contributed by atoms with Gasteiger partial charge in [0.05, 0.1) is 5.56 Å². The van der Waals surface area contributed by atoms with Crippen molar-refractivity contribution in [3.63, 3.8) is 0 Å². The molecule has 4 heteroatoms. The number of nitrogens with two attached hydrogens (primary N) is 1. The van der Waals surface area contributed by atoms with Gasteiger partial charge in [0.2, 0.25) is 0 Å². The molecule has 1 heterocycles. The number of hydrogen-bond donors (Lipinski definition) is 2. The predicted molar refractivity (Wildman–Crippen MR) is 71.9 cm³/mol. The van der Waals surface area contributed by atoms with Crippen molar-refractivity contribution in [2.45, 2.75) is 26.3 Å². The van der Waals surface area contributed by atoms with Crippen LogP contribution < -0.4 is 5.73 Å². The minimum atomic E-state index is -0.887. The first-order chi connectivity index (χ1) is 8.67. The Morgan fingerprint density at radius 2 is 2.22 bits per heavy atom. The standard InChI is InChI=1S/C14H18N2O2/c1-2-10-9-16(7-3-6-15)13-8-11(14(17)18)4-5-12(10)13/h4-5,8-9H,2-3,6-7,15H2,1H3,(H,17,18). The monoisotopic (exact) mass is 246 g/mol. The topological polar surface area (TPSA) is 68.2 Å². The molecule has 0 amide bonds. The van der Waals surface area contributed by atoms with Crippen LogP contribution >= 0.6 is 0 Å². The molecule has 0 unspecified atom stereocenters. The highest BCUT2D eigenvalue weighted by Gasteiger charge is 2.10. The molecule has 1 aromatic carbocycles. The zero-order chi connectivity index (χ0) is 13.1. The number of hydrogen-bond acceptors (Lipinski definition) is 2. The van der Waals surface area contributed by atoms with Crippen LogP contribution in [0, 0.1) is 0 Å². The highest BCUT2D eigenvalue weighted by Crippen LogP contribution is 2.23. The van der Waals surface area contributed by atoms with Gasteiger partial charge in [-0.3, -0.25) is 0 Å². The van der Waals surface area contributed by atoms with Crippen LogP contribution in [-0.2, 0) is 13.0 Å². The highest BCUT2D eigenvalue weighted by molar-refractivity contribution is 5.94. The Labute approximate surface area is 106 Å². The predicted octanol–water partition coefficient (Wildman–Crippen LogP) is 2.25. The maximum absolute atomic E-state index is 11.0. The van der Waals surface area contributed by atoms with Crippen LogP contribution in [0.25, 0.3) is 10.9 Å². The zero-order valence-corrected chi connectivity index (χ0v) is 10.5. The number of fused-ring (bicyclic) bond motifs is 1. The number of aromatic carboxylic acids is 1. The fourth-order valence-corrected chi connectivity index (χ4v) is 2.23. The normalized spacial score (nSPS) is 11.0. The molecular formula is C14H18N2O2. The van der Waals surface area contributed by atoms with E-state index < -0.39 is 5.97 Å². The maximum atomic E-state index is 11.0. The number of rotatable bonds is 5. The molecule has 0 aliphatic rings. The van der Waals surface area contributed by atoms with Crippen LogP contribution in [0.3, 0.4) is 0 Å². The molecule has 4 nitrogen and oxygen atoms in total. The smallest absolute Gasteiger partial charge is 0.335 e. The minimum Gasteiger partial charge on any atom is -0.478 e. The van der Waals surface area contributed by atoms with Gasteiger partial charge in [0.25, 0.3) is 0 Å². The minimum absolute atomic E-state index is 0.331. The van der Waals surface area contributed by atoms with Crippen molar-refractivity contribution < 1.29 is 9.90 Å². The Hall–Kier alpha value is -1.81. The summed E-state index contributed by atoms with van der Waals surface area (Å²) >= 11 is 0. The first-order valence-electron chi connectivity index (χ1n) is 6.22. The zero-order valence-electron chi connectivity index (χ0n) is 10.5. The summed E-state index contributed by atoms with van der Waals surface area (Å²) in [6.45, 7) is 3.57. The van der Waals surface area contributed by atoms with Gasteiger partial charge >= 0.3 is 5.97 Å². The van der Waals surface area contributed by atoms with Gasteiger partial charge in [0.1, 0.15) is 0 Å². The van der Waals surface area contributed by atoms with E-state index in [1.165, 1.54) is 5.56 Å². The summed E-state index contributed by atoms with van der Waals surface area (Å²) in [6, 6.07) is 5.31. The maximum Gasteiger partial charge on any atom is 0.335 e. The van der Waals surface area contributed by atoms with E-state index >= 15 is 0 Å². The lowest BCUT2D eigenvalue weighted by molar-refractivity contribution is 0.0697. The molecule has 3 N–H and O–H groups in total. The molecule has 0 bridgehead atoms. The van der Waals surface area contributed by atoms with E-state index in [9.17, 15) is 4.79 Å². The number of carboxylic acids is 1. The van der Waals surface area contributed by atoms with E-state index in [-0.39, 0.29) is 0 Å². The summed E-state index contributed by atoms with van der Waals surface area (Å²) in [7, 11) is 0. The van der Waals surface area contributed by atoms with E-state index in [0.29, 0.717) is 12.1 Å². The average molecular weight is 246 g/mol. The van der Waals surface area contributed by atoms with Crippen molar-refractivity contribution in [1.82, 2.24) is 4.57 Å². The second kappa shape index (κ2) is 5.23. The summed E-state index contributed by atoms with van der Waals surface area (Å²) in [4.78, 5) is 11.0. The molecule has 0 fully saturated rings. The number of nitrogens with zero attached hydrogens (tertiary/aromatic N) is 1. The second-order valence-electron chi connectivity index (χ2n) is 4.38. The van der Waals surface area contributed by atoms with Crippen LogP contribution in [0.5, 0.6) is 0 Å². The molecule has 2 rings (SSSR count). The Balaban J connectivity index is 2.54. The summed E-state index contributed by atoms with van der Waals surface area (Å²) in [5.41, 5.74) is 8.10. The Kier molecular flexibility index (Phi) is 3.67. The van der Waals surface area contributed by atoms with Crippen LogP contribution in [-0.4, -0.2) is 22.2 Å². The molecule has 0 aliphatic carbocycles. The molecule has 1 aromatic heterocycles. The van der Waals surface area contributed by atoms with Gasteiger partial charge in [-0.2, -0.15) is 0 Å². The van der Waals surface area contributed by atoms with Crippen LogP contribution in [0.1, 0.15) is 29.3 Å². The van der Waals surface area contributed by atoms with Crippen LogP contribution in [0.2, 0.25) is 0 Å². The van der Waals surface area contributed by atoms with Crippen molar-refractivity contribution in [2.75, 3.05) is 6.54 Å². The van der Waals surface area contributed by atoms with Gasteiger partial charge in [-0.1, -0.05) is 13.0 Å². The van der Waals surface area contributed by atoms with Crippen molar-refractivity contribution in [2.24, 2.45) is 5.73 Å². The van der Waals surface area contributed by atoms with E-state index in [2.05, 4.69) is 17.7 Å². The molecule has 0 spiro atoms. The van der Waals surface area contributed by atoms with Gasteiger partial charge in [0.15, 0.2) is 0 Å². The third kappa shape index (κ3) is 2.24. The van der Waals surface area contributed by atoms with Crippen molar-refractivity contribution in [3.05, 3.63) is 35.5 Å². The van der Waals surface area contributed by atoms with E-state index in [1.54, 1.807) is 12.1 Å². The van der Waals surface area contributed by atoms with Gasteiger partial charge in [-0.15, -0.1) is 0 Å². The molecule has 2 aromatic rings. The van der Waals surface area contributed by atoms with Gasteiger partial charge < -0.3 is 15.4 Å². The Bertz CT molecular complexity index is 572. The lowest BCUT2D eigenvalue weighted by Crippen LogP contribution is -2.05. The first kappa shape index (κ1) is 12.6. The second-order valence-corrected chi connectivity index (χ2v) is 4.38. The van der Waals surface area contributed by atoms with E-state index in [0.717, 1.165) is 30.3 Å². The summed E-state index contributed by atoms with van der Waals surface area (Å²) in [6.07, 6.45) is 3.94. The van der Waals surface area contributed by atoms with E-state index in [4.69, 9.17) is 10.8 Å². The third-order valence-corrected chi connectivity index (χ3v) is 3.20. The van der Waals surface area contributed by atoms with Gasteiger partial charge in [-0.25, -0.2) is 4.79 Å². The van der Waals surface area contributed by atoms with Crippen molar-refractivity contribution in [1.29, 1.82) is 0 Å². The summed E-state index contributed by atoms with van der Waals surface area (Å²) in [5, 5.41) is 10.2. The fourth-order valence-electron chi connectivity index (χ4n) is 2.23. The van der Waals surface area contributed by atoms with Crippen LogP contribution in [0.4, 0.5) is 0 Å². The van der Waals surface area contributed by atoms with Crippen molar-refractivity contribution >= 4 is 16.9 Å². The third-order valence-electron chi connectivity index (χ3n) is 3.20. The first-order valence-corrected chi connectivity index (χ1v) is 6.22. The molecule has 0 radical (unpaired) electrons. The number of carboxylic acid groups (broad SMARTS) is 1. The Morgan fingerprint density at radius 1 is 1.44 bits per heavy atom. The SMILES string of the molecule is CCc1cn(CCCN)c2cc(C(=O)O)ccc12. The molecule has 96 valence electrons. The van der Waals surface area contributed by atoms with Crippen molar-refractivity contribution in [3.8, 4) is 0 Å². The lowest BCUT2D eigenvalue weighted by Gasteiger charge is -2.04. The average Bonchev–Trinajstić information content (AvgIpc) is 2.73. The quantitative estimate of drug-likeness (QED) is 0.850. The number of benzene rings is 1. The molecule has 0 saturated carbocycles. The molecule has 0 atom stereocenters. The number of aromatic nitrogens is 1. The fraction of sp³-hybridized carbons (Fsp3) is 0.357. The summed E-state index contributed by atoms with van der Waals surface area (Å²) < 4.78 is 2.10. The molecule has 0 saturated heterocycles. The lowest BCUT2D eigenvalue weighted by atomic mass is 10.1. The Morgan fingerprint density at radius 3 is 2.83 bits per heavy atom. The number of aryl methyl sites for hydroxylation is 2.